The molecule has 27 heavy (non-hydrogen) atoms. The quantitative estimate of drug-likeness (QED) is 0.583. The van der Waals surface area contributed by atoms with Crippen molar-refractivity contribution >= 4 is 12.0 Å². The first-order chi connectivity index (χ1) is 13.0. The van der Waals surface area contributed by atoms with Crippen LogP contribution in [0.25, 0.3) is 0 Å². The fourth-order valence-electron chi connectivity index (χ4n) is 2.57. The zero-order valence-corrected chi connectivity index (χ0v) is 16.0. The number of amides is 2. The zero-order chi connectivity index (χ0) is 19.6. The molecule has 0 bridgehead atoms. The highest BCUT2D eigenvalue weighted by Gasteiger charge is 2.20. The summed E-state index contributed by atoms with van der Waals surface area (Å²) in [5.41, 5.74) is 2.80. The lowest BCUT2D eigenvalue weighted by molar-refractivity contribution is -0.128. The first kappa shape index (κ1) is 20.2. The maximum atomic E-state index is 12.6. The third-order valence-corrected chi connectivity index (χ3v) is 4.05. The molecular weight excluding hydrogens is 340 g/mol. The highest BCUT2D eigenvalue weighted by Crippen LogP contribution is 2.20. The number of hydrogen-bond acceptors (Lipinski definition) is 3. The molecule has 2 aromatic carbocycles. The second-order valence-electron chi connectivity index (χ2n) is 6.51. The number of carbonyl (C=O) groups is 2. The van der Waals surface area contributed by atoms with Crippen LogP contribution in [0, 0.1) is 0 Å². The van der Waals surface area contributed by atoms with Gasteiger partial charge in [0.2, 0.25) is 5.91 Å². The second-order valence-corrected chi connectivity index (χ2v) is 6.51. The van der Waals surface area contributed by atoms with Crippen LogP contribution < -0.4 is 5.32 Å². The maximum Gasteiger partial charge on any atom is 0.408 e. The van der Waals surface area contributed by atoms with Crippen molar-refractivity contribution in [2.75, 3.05) is 6.67 Å². The van der Waals surface area contributed by atoms with E-state index in [1.54, 1.807) is 11.0 Å². The molecule has 0 saturated carbocycles. The van der Waals surface area contributed by atoms with Crippen molar-refractivity contribution in [2.45, 2.75) is 33.4 Å². The minimum atomic E-state index is -0.561. The van der Waals surface area contributed by atoms with Crippen LogP contribution >= 0.6 is 0 Å². The largest absolute Gasteiger partial charge is 0.445 e. The number of ether oxygens (including phenoxy) is 1. The second kappa shape index (κ2) is 10.2. The Hall–Kier alpha value is -3.08. The number of nitrogens with one attached hydrogen (secondary N) is 1. The van der Waals surface area contributed by atoms with E-state index in [2.05, 4.69) is 5.32 Å². The number of alkyl carbamates (subject to hydrolysis) is 1. The lowest BCUT2D eigenvalue weighted by atomic mass is 10.1. The third kappa shape index (κ3) is 6.62. The summed E-state index contributed by atoms with van der Waals surface area (Å²) in [7, 11) is 0. The molecule has 5 heteroatoms. The van der Waals surface area contributed by atoms with E-state index in [1.807, 2.05) is 81.4 Å². The summed E-state index contributed by atoms with van der Waals surface area (Å²) in [6.45, 7) is 5.91. The average molecular weight is 366 g/mol. The normalized spacial score (nSPS) is 11.2. The summed E-state index contributed by atoms with van der Waals surface area (Å²) >= 11 is 0. The van der Waals surface area contributed by atoms with Crippen LogP contribution in [0.1, 0.15) is 37.9 Å². The molecule has 2 amide bonds. The highest BCUT2D eigenvalue weighted by atomic mass is 16.5. The van der Waals surface area contributed by atoms with Crippen molar-refractivity contribution in [1.29, 1.82) is 0 Å². The summed E-state index contributed by atoms with van der Waals surface area (Å²) in [6, 6.07) is 19.0. The monoisotopic (exact) mass is 366 g/mol. The molecule has 0 unspecified atom stereocenters. The van der Waals surface area contributed by atoms with Gasteiger partial charge in [-0.1, -0.05) is 66.2 Å². The van der Waals surface area contributed by atoms with Crippen LogP contribution in [-0.4, -0.2) is 23.6 Å². The Labute approximate surface area is 160 Å². The number of nitrogens with zero attached hydrogens (tertiary/aromatic N) is 1. The Morgan fingerprint density at radius 1 is 1.04 bits per heavy atom. The predicted molar refractivity (Wildman–Crippen MR) is 106 cm³/mol. The molecular formula is C22H26N2O3. The van der Waals surface area contributed by atoms with Crippen LogP contribution in [0.5, 0.6) is 0 Å². The van der Waals surface area contributed by atoms with E-state index < -0.39 is 6.09 Å². The van der Waals surface area contributed by atoms with Crippen LogP contribution in [0.15, 0.2) is 72.3 Å². The van der Waals surface area contributed by atoms with Gasteiger partial charge in [0.1, 0.15) is 6.61 Å². The van der Waals surface area contributed by atoms with Gasteiger partial charge < -0.3 is 15.0 Å². The van der Waals surface area contributed by atoms with Gasteiger partial charge in [0.15, 0.2) is 0 Å². The summed E-state index contributed by atoms with van der Waals surface area (Å²) < 4.78 is 5.22. The Balaban J connectivity index is 2.00. The molecule has 0 aromatic heterocycles. The Kier molecular flexibility index (Phi) is 7.62. The molecule has 0 saturated heterocycles. The van der Waals surface area contributed by atoms with E-state index in [-0.39, 0.29) is 25.2 Å². The molecule has 1 atom stereocenters. The third-order valence-electron chi connectivity index (χ3n) is 4.05. The van der Waals surface area contributed by atoms with E-state index in [1.165, 1.54) is 0 Å². The smallest absolute Gasteiger partial charge is 0.408 e. The SMILES string of the molecule is CC(C)=CC(=O)N(CNC(=O)OCc1ccccc1)[C@@H](C)c1ccccc1. The summed E-state index contributed by atoms with van der Waals surface area (Å²) in [5.74, 6) is -0.158. The van der Waals surface area contributed by atoms with Crippen molar-refractivity contribution in [2.24, 2.45) is 0 Å². The van der Waals surface area contributed by atoms with E-state index in [4.69, 9.17) is 4.74 Å². The molecule has 142 valence electrons. The molecule has 2 aromatic rings. The predicted octanol–water partition coefficient (Wildman–Crippen LogP) is 4.43. The average Bonchev–Trinajstić information content (AvgIpc) is 2.67. The van der Waals surface area contributed by atoms with Crippen LogP contribution in [-0.2, 0) is 16.1 Å². The van der Waals surface area contributed by atoms with Crippen molar-refractivity contribution in [1.82, 2.24) is 10.2 Å². The lowest BCUT2D eigenvalue weighted by Gasteiger charge is -2.29. The minimum absolute atomic E-state index is 0.0618. The van der Waals surface area contributed by atoms with Gasteiger partial charge in [-0.3, -0.25) is 4.79 Å². The Bertz CT molecular complexity index is 769. The van der Waals surface area contributed by atoms with Crippen molar-refractivity contribution in [3.05, 3.63) is 83.4 Å². The van der Waals surface area contributed by atoms with Crippen LogP contribution in [0.2, 0.25) is 0 Å². The molecule has 0 spiro atoms. The lowest BCUT2D eigenvalue weighted by Crippen LogP contribution is -2.42. The highest BCUT2D eigenvalue weighted by molar-refractivity contribution is 5.88. The number of allylic oxidation sites excluding steroid dienone is 1. The Morgan fingerprint density at radius 3 is 2.22 bits per heavy atom. The summed E-state index contributed by atoms with van der Waals surface area (Å²) in [6.07, 6.45) is 1.00. The molecule has 1 N–H and O–H groups in total. The van der Waals surface area contributed by atoms with Crippen molar-refractivity contribution < 1.29 is 14.3 Å². The topological polar surface area (TPSA) is 58.6 Å². The van der Waals surface area contributed by atoms with Gasteiger partial charge in [-0.15, -0.1) is 0 Å². The van der Waals surface area contributed by atoms with Gasteiger partial charge in [-0.25, -0.2) is 4.79 Å². The van der Waals surface area contributed by atoms with E-state index in [0.717, 1.165) is 16.7 Å². The molecule has 0 radical (unpaired) electrons. The molecule has 5 nitrogen and oxygen atoms in total. The number of hydrogen-bond donors (Lipinski definition) is 1. The standard InChI is InChI=1S/C22H26N2O3/c1-17(2)14-21(25)24(18(3)20-12-8-5-9-13-20)16-23-22(26)27-15-19-10-6-4-7-11-19/h4-14,18H,15-16H2,1-3H3,(H,23,26)/t18-/m0/s1. The maximum absolute atomic E-state index is 12.6. The van der Waals surface area contributed by atoms with Crippen molar-refractivity contribution in [3.8, 4) is 0 Å². The van der Waals surface area contributed by atoms with Gasteiger partial charge in [0, 0.05) is 6.08 Å². The first-order valence-electron chi connectivity index (χ1n) is 8.92. The molecule has 0 aliphatic carbocycles. The van der Waals surface area contributed by atoms with Gasteiger partial charge in [-0.05, 0) is 31.9 Å². The molecule has 2 rings (SSSR count). The van der Waals surface area contributed by atoms with Crippen LogP contribution in [0.3, 0.4) is 0 Å². The molecule has 0 heterocycles. The molecule has 0 aliphatic heterocycles. The zero-order valence-electron chi connectivity index (χ0n) is 16.0. The van der Waals surface area contributed by atoms with Gasteiger partial charge >= 0.3 is 6.09 Å². The van der Waals surface area contributed by atoms with E-state index in [9.17, 15) is 9.59 Å². The van der Waals surface area contributed by atoms with E-state index >= 15 is 0 Å². The van der Waals surface area contributed by atoms with Crippen molar-refractivity contribution in [3.63, 3.8) is 0 Å². The molecule has 0 fully saturated rings. The Morgan fingerprint density at radius 2 is 1.63 bits per heavy atom. The number of benzene rings is 2. The first-order valence-corrected chi connectivity index (χ1v) is 8.92. The fourth-order valence-corrected chi connectivity index (χ4v) is 2.57. The van der Waals surface area contributed by atoms with Gasteiger partial charge in [0.05, 0.1) is 12.7 Å². The summed E-state index contributed by atoms with van der Waals surface area (Å²) in [4.78, 5) is 26.3. The number of rotatable bonds is 7. The van der Waals surface area contributed by atoms with Crippen LogP contribution in [0.4, 0.5) is 4.79 Å². The summed E-state index contributed by atoms with van der Waals surface area (Å²) in [5, 5.41) is 2.67. The molecule has 0 aliphatic rings. The minimum Gasteiger partial charge on any atom is -0.445 e. The van der Waals surface area contributed by atoms with Gasteiger partial charge in [-0.2, -0.15) is 0 Å². The fraction of sp³-hybridized carbons (Fsp3) is 0.273. The van der Waals surface area contributed by atoms with Gasteiger partial charge in [0.25, 0.3) is 0 Å². The number of carbonyl (C=O) groups excluding carboxylic acids is 2. The van der Waals surface area contributed by atoms with E-state index in [0.29, 0.717) is 0 Å².